The van der Waals surface area contributed by atoms with Gasteiger partial charge in [-0.05, 0) is 30.2 Å². The number of ether oxygens (including phenoxy) is 4. The summed E-state index contributed by atoms with van der Waals surface area (Å²) in [6, 6.07) is 1.33. The Bertz CT molecular complexity index is 1440. The molecule has 1 aromatic heterocycles. The summed E-state index contributed by atoms with van der Waals surface area (Å²) in [5, 5.41) is 0. The molecule has 0 aromatic carbocycles. The zero-order valence-electron chi connectivity index (χ0n) is 34.6. The predicted molar refractivity (Wildman–Crippen MR) is 203 cm³/mol. The number of phosphoric acid groups is 1. The van der Waals surface area contributed by atoms with Crippen LogP contribution in [0.25, 0.3) is 0 Å². The third kappa shape index (κ3) is 19.1. The zero-order chi connectivity index (χ0) is 42.0. The lowest BCUT2D eigenvalue weighted by Crippen LogP contribution is -2.44. The van der Waals surface area contributed by atoms with Crippen molar-refractivity contribution in [3.05, 3.63) is 28.4 Å². The first-order chi connectivity index (χ1) is 26.2. The number of halogens is 2. The molecule has 1 fully saturated rings. The van der Waals surface area contributed by atoms with E-state index >= 15 is 8.78 Å². The van der Waals surface area contributed by atoms with Crippen molar-refractivity contribution in [2.24, 2.45) is 10.8 Å². The Balaban J connectivity index is 2.13. The number of hydrogen-bond acceptors (Lipinski definition) is 13. The summed E-state index contributed by atoms with van der Waals surface area (Å²) in [6.07, 6.45) is 7.27. The molecule has 1 aromatic rings. The first kappa shape index (κ1) is 49.4. The van der Waals surface area contributed by atoms with Gasteiger partial charge in [-0.15, -0.1) is 0 Å². The van der Waals surface area contributed by atoms with Gasteiger partial charge in [-0.2, -0.15) is 13.8 Å². The molecule has 1 aliphatic rings. The van der Waals surface area contributed by atoms with Crippen molar-refractivity contribution in [3.8, 4) is 0 Å². The summed E-state index contributed by atoms with van der Waals surface area (Å²) in [4.78, 5) is 53.8. The average Bonchev–Trinajstić information content (AvgIpc) is 3.31. The maximum absolute atomic E-state index is 16.1. The van der Waals surface area contributed by atoms with E-state index in [4.69, 9.17) is 32.5 Å². The molecule has 1 aliphatic heterocycles. The minimum absolute atomic E-state index is 0.0152. The molecule has 3 atom stereocenters. The Morgan fingerprint density at radius 3 is 1.75 bits per heavy atom. The van der Waals surface area contributed by atoms with Crippen LogP contribution < -0.4 is 5.69 Å². The monoisotopic (exact) mass is 822 g/mol. The highest BCUT2D eigenvalue weighted by molar-refractivity contribution is 7.48. The zero-order valence-corrected chi connectivity index (χ0v) is 35.5. The van der Waals surface area contributed by atoms with Crippen LogP contribution in [-0.4, -0.2) is 65.8 Å². The summed E-state index contributed by atoms with van der Waals surface area (Å²) in [6.45, 7) is 11.7. The second-order valence-electron chi connectivity index (χ2n) is 16.8. The van der Waals surface area contributed by atoms with Gasteiger partial charge in [0.1, 0.15) is 6.10 Å². The SMILES string of the molecule is CCCCCCCCCCCCCCC(=O)OC1[C@@H](COP(=O)(OCOC(=O)CC(C)(C)C)OCOC(=O)CC(C)(C)C)O[C@@H](n2ccc(C)nc2=O)C1(F)F. The molecule has 2 heterocycles. The van der Waals surface area contributed by atoms with Gasteiger partial charge in [0.15, 0.2) is 6.10 Å². The van der Waals surface area contributed by atoms with E-state index in [1.165, 1.54) is 51.5 Å². The molecule has 2 rings (SSSR count). The molecule has 0 radical (unpaired) electrons. The molecule has 0 aliphatic carbocycles. The fraction of sp³-hybridized carbons (Fsp3) is 0.821. The van der Waals surface area contributed by atoms with Crippen molar-refractivity contribution >= 4 is 25.7 Å². The Morgan fingerprint density at radius 2 is 1.29 bits per heavy atom. The summed E-state index contributed by atoms with van der Waals surface area (Å²) in [5.74, 6) is -6.30. The van der Waals surface area contributed by atoms with Gasteiger partial charge < -0.3 is 18.9 Å². The molecular weight excluding hydrogens is 757 g/mol. The van der Waals surface area contributed by atoms with E-state index in [0.29, 0.717) is 17.4 Å². The number of unbranched alkanes of at least 4 members (excludes halogenated alkanes) is 11. The third-order valence-corrected chi connectivity index (χ3v) is 9.98. The van der Waals surface area contributed by atoms with Crippen LogP contribution in [0, 0.1) is 17.8 Å². The maximum atomic E-state index is 16.1. The second-order valence-corrected chi connectivity index (χ2v) is 18.4. The number of phosphoric ester groups is 1. The molecular formula is C39H65F2N2O12P. The number of alkyl halides is 2. The van der Waals surface area contributed by atoms with Gasteiger partial charge >= 0.3 is 37.3 Å². The Kier molecular flexibility index (Phi) is 20.8. The number of hydrogen-bond donors (Lipinski definition) is 0. The summed E-state index contributed by atoms with van der Waals surface area (Å²) in [7, 11) is -4.84. The van der Waals surface area contributed by atoms with Crippen LogP contribution in [0.3, 0.4) is 0 Å². The number of rotatable bonds is 26. The highest BCUT2D eigenvalue weighted by Crippen LogP contribution is 2.51. The molecule has 0 amide bonds. The van der Waals surface area contributed by atoms with E-state index < -0.39 is 86.8 Å². The Hall–Kier alpha value is -2.78. The van der Waals surface area contributed by atoms with Crippen molar-refractivity contribution in [1.29, 1.82) is 0 Å². The first-order valence-electron chi connectivity index (χ1n) is 19.8. The highest BCUT2D eigenvalue weighted by atomic mass is 31.2. The highest BCUT2D eigenvalue weighted by Gasteiger charge is 2.63. The summed E-state index contributed by atoms with van der Waals surface area (Å²) >= 11 is 0. The molecule has 56 heavy (non-hydrogen) atoms. The normalized spacial score (nSPS) is 18.5. The number of aryl methyl sites for hydroxylation is 1. The van der Waals surface area contributed by atoms with Crippen molar-refractivity contribution in [3.63, 3.8) is 0 Å². The molecule has 0 N–H and O–H groups in total. The average molecular weight is 823 g/mol. The van der Waals surface area contributed by atoms with E-state index in [0.717, 1.165) is 31.9 Å². The van der Waals surface area contributed by atoms with E-state index in [9.17, 15) is 23.7 Å². The lowest BCUT2D eigenvalue weighted by molar-refractivity contribution is -0.176. The van der Waals surface area contributed by atoms with Crippen LogP contribution in [0.15, 0.2) is 17.1 Å². The van der Waals surface area contributed by atoms with Crippen LogP contribution in [-0.2, 0) is 51.5 Å². The largest absolute Gasteiger partial charge is 0.480 e. The van der Waals surface area contributed by atoms with Crippen LogP contribution in [0.4, 0.5) is 8.78 Å². The first-order valence-corrected chi connectivity index (χ1v) is 21.3. The molecule has 14 nitrogen and oxygen atoms in total. The van der Waals surface area contributed by atoms with Crippen molar-refractivity contribution in [1.82, 2.24) is 9.55 Å². The predicted octanol–water partition coefficient (Wildman–Crippen LogP) is 9.12. The van der Waals surface area contributed by atoms with Gasteiger partial charge in [-0.1, -0.05) is 119 Å². The van der Waals surface area contributed by atoms with E-state index in [1.807, 2.05) is 0 Å². The molecule has 0 saturated carbocycles. The fourth-order valence-electron chi connectivity index (χ4n) is 5.79. The standard InChI is InChI=1S/C39H65F2N2O12P/c1-9-10-11-12-13-14-15-16-17-18-19-20-21-31(44)55-34-30(54-35(39(34,40)41)43-23-22-29(2)42-36(43)47)26-51-56(48,52-27-49-32(45)24-37(3,4)5)53-28-50-33(46)25-38(6,7)8/h22-23,30,34-35H,9-21,24-28H2,1-8H3/t30-,34?,35-/m1/s1. The lowest BCUT2D eigenvalue weighted by atomic mass is 9.92. The smallest absolute Gasteiger partial charge is 0.453 e. The molecule has 0 bridgehead atoms. The second kappa shape index (κ2) is 23.6. The molecule has 0 spiro atoms. The van der Waals surface area contributed by atoms with E-state index in [1.54, 1.807) is 41.5 Å². The van der Waals surface area contributed by atoms with Gasteiger partial charge in [0, 0.05) is 18.3 Å². The number of carbonyl (C=O) groups is 3. The van der Waals surface area contributed by atoms with Gasteiger partial charge in [0.25, 0.3) is 0 Å². The number of esters is 3. The number of nitrogens with zero attached hydrogens (tertiary/aromatic N) is 2. The molecule has 1 unspecified atom stereocenters. The number of carbonyl (C=O) groups excluding carboxylic acids is 3. The maximum Gasteiger partial charge on any atom is 0.480 e. The topological polar surface area (TPSA) is 168 Å². The Labute approximate surface area is 330 Å². The van der Waals surface area contributed by atoms with Crippen LogP contribution in [0.2, 0.25) is 0 Å². The van der Waals surface area contributed by atoms with Crippen molar-refractivity contribution in [2.45, 2.75) is 176 Å². The van der Waals surface area contributed by atoms with Crippen LogP contribution in [0.5, 0.6) is 0 Å². The van der Waals surface area contributed by atoms with Gasteiger partial charge in [-0.25, -0.2) is 18.4 Å². The quantitative estimate of drug-likeness (QED) is 0.0286. The number of aromatic nitrogens is 2. The van der Waals surface area contributed by atoms with E-state index in [2.05, 4.69) is 11.9 Å². The lowest BCUT2D eigenvalue weighted by Gasteiger charge is -2.25. The van der Waals surface area contributed by atoms with Gasteiger partial charge in [0.05, 0.1) is 19.4 Å². The Morgan fingerprint density at radius 1 is 0.804 bits per heavy atom. The molecule has 17 heteroatoms. The fourth-order valence-corrected chi connectivity index (χ4v) is 6.71. The van der Waals surface area contributed by atoms with Crippen LogP contribution >= 0.6 is 7.82 Å². The summed E-state index contributed by atoms with van der Waals surface area (Å²) in [5.41, 5.74) is -1.64. The van der Waals surface area contributed by atoms with E-state index in [-0.39, 0.29) is 25.0 Å². The minimum atomic E-state index is -4.84. The van der Waals surface area contributed by atoms with Gasteiger partial charge in [0.2, 0.25) is 19.8 Å². The third-order valence-electron chi connectivity index (χ3n) is 8.67. The van der Waals surface area contributed by atoms with Crippen molar-refractivity contribution < 1.29 is 60.2 Å². The summed E-state index contributed by atoms with van der Waals surface area (Å²) < 4.78 is 83.1. The van der Waals surface area contributed by atoms with Gasteiger partial charge in [-0.3, -0.25) is 23.5 Å². The van der Waals surface area contributed by atoms with Crippen LogP contribution in [0.1, 0.15) is 157 Å². The molecule has 1 saturated heterocycles. The van der Waals surface area contributed by atoms with Crippen molar-refractivity contribution in [2.75, 3.05) is 20.2 Å². The molecule has 322 valence electrons. The minimum Gasteiger partial charge on any atom is -0.453 e.